The lowest BCUT2D eigenvalue weighted by atomic mass is 9.87. The number of aryl methyl sites for hydroxylation is 1. The molecular formula is C9H9ClN2O2. The second-order valence-electron chi connectivity index (χ2n) is 3.42. The van der Waals surface area contributed by atoms with Gasteiger partial charge in [0.2, 0.25) is 0 Å². The summed E-state index contributed by atoms with van der Waals surface area (Å²) >= 11 is 5.68. The van der Waals surface area contributed by atoms with Gasteiger partial charge in [0.15, 0.2) is 5.15 Å². The minimum atomic E-state index is -0.747. The number of carbonyl (C=O) groups is 1. The van der Waals surface area contributed by atoms with Gasteiger partial charge in [-0.15, -0.1) is 5.10 Å². The first-order valence-corrected chi connectivity index (χ1v) is 4.78. The van der Waals surface area contributed by atoms with Crippen molar-refractivity contribution < 1.29 is 9.90 Å². The summed E-state index contributed by atoms with van der Waals surface area (Å²) in [6, 6.07) is 1.71. The largest absolute Gasteiger partial charge is 0.481 e. The van der Waals surface area contributed by atoms with Gasteiger partial charge in [0.1, 0.15) is 0 Å². The predicted molar refractivity (Wildman–Crippen MR) is 50.2 cm³/mol. The fourth-order valence-corrected chi connectivity index (χ4v) is 1.87. The Balaban J connectivity index is 2.29. The summed E-state index contributed by atoms with van der Waals surface area (Å²) in [4.78, 5) is 10.8. The number of aromatic nitrogens is 2. The molecular weight excluding hydrogens is 204 g/mol. The zero-order chi connectivity index (χ0) is 10.1. The third kappa shape index (κ3) is 1.70. The quantitative estimate of drug-likeness (QED) is 0.763. The Hall–Kier alpha value is -1.16. The van der Waals surface area contributed by atoms with Crippen LogP contribution in [0.5, 0.6) is 0 Å². The molecule has 1 aromatic heterocycles. The molecule has 1 aliphatic rings. The summed E-state index contributed by atoms with van der Waals surface area (Å²) in [6.45, 7) is 0. The highest BCUT2D eigenvalue weighted by atomic mass is 35.5. The summed E-state index contributed by atoms with van der Waals surface area (Å²) in [6.07, 6.45) is 1.83. The van der Waals surface area contributed by atoms with Crippen molar-refractivity contribution in [1.82, 2.24) is 10.2 Å². The summed E-state index contributed by atoms with van der Waals surface area (Å²) in [7, 11) is 0. The van der Waals surface area contributed by atoms with Gasteiger partial charge in [-0.2, -0.15) is 5.10 Å². The van der Waals surface area contributed by atoms with Crippen molar-refractivity contribution in [2.45, 2.75) is 19.3 Å². The predicted octanol–water partition coefficient (Wildman–Crippen LogP) is 1.32. The van der Waals surface area contributed by atoms with Crippen LogP contribution in [0.2, 0.25) is 5.15 Å². The molecule has 74 valence electrons. The molecule has 0 amide bonds. The molecule has 1 heterocycles. The fourth-order valence-electron chi connectivity index (χ4n) is 1.70. The zero-order valence-electron chi connectivity index (χ0n) is 7.40. The third-order valence-electron chi connectivity index (χ3n) is 2.48. The highest BCUT2D eigenvalue weighted by Gasteiger charge is 2.25. The maximum atomic E-state index is 10.8. The molecule has 1 N–H and O–H groups in total. The van der Waals surface area contributed by atoms with Crippen LogP contribution in [0.3, 0.4) is 0 Å². The van der Waals surface area contributed by atoms with E-state index in [4.69, 9.17) is 16.7 Å². The van der Waals surface area contributed by atoms with Crippen molar-refractivity contribution in [3.63, 3.8) is 0 Å². The number of carboxylic acid groups (broad SMARTS) is 1. The van der Waals surface area contributed by atoms with E-state index in [2.05, 4.69) is 10.2 Å². The molecule has 0 saturated carbocycles. The van der Waals surface area contributed by atoms with Gasteiger partial charge in [-0.3, -0.25) is 4.79 Å². The normalized spacial score (nSPS) is 20.2. The minimum Gasteiger partial charge on any atom is -0.481 e. The number of hydrogen-bond acceptors (Lipinski definition) is 3. The lowest BCUT2D eigenvalue weighted by Crippen LogP contribution is -2.23. The van der Waals surface area contributed by atoms with Crippen LogP contribution in [0.15, 0.2) is 6.07 Å². The second kappa shape index (κ2) is 3.53. The van der Waals surface area contributed by atoms with Crippen LogP contribution in [-0.4, -0.2) is 21.3 Å². The first kappa shape index (κ1) is 9.40. The van der Waals surface area contributed by atoms with E-state index in [9.17, 15) is 4.79 Å². The molecule has 14 heavy (non-hydrogen) atoms. The molecule has 0 saturated heterocycles. The molecule has 0 unspecified atom stereocenters. The molecule has 2 rings (SSSR count). The van der Waals surface area contributed by atoms with Crippen molar-refractivity contribution in [2.75, 3.05) is 0 Å². The number of carboxylic acids is 1. The van der Waals surface area contributed by atoms with Crippen molar-refractivity contribution in [2.24, 2.45) is 5.92 Å². The average molecular weight is 213 g/mol. The van der Waals surface area contributed by atoms with Crippen LogP contribution in [0.4, 0.5) is 0 Å². The van der Waals surface area contributed by atoms with E-state index >= 15 is 0 Å². The monoisotopic (exact) mass is 212 g/mol. The first-order valence-electron chi connectivity index (χ1n) is 4.40. The summed E-state index contributed by atoms with van der Waals surface area (Å²) in [5.74, 6) is -1.05. The molecule has 5 heteroatoms. The van der Waals surface area contributed by atoms with E-state index in [1.165, 1.54) is 0 Å². The Bertz CT molecular complexity index is 381. The maximum Gasteiger partial charge on any atom is 0.306 e. The Kier molecular flexibility index (Phi) is 2.37. The molecule has 4 nitrogen and oxygen atoms in total. The van der Waals surface area contributed by atoms with Crippen molar-refractivity contribution in [1.29, 1.82) is 0 Å². The molecule has 1 aromatic rings. The van der Waals surface area contributed by atoms with Crippen LogP contribution >= 0.6 is 11.6 Å². The molecule has 0 radical (unpaired) electrons. The maximum absolute atomic E-state index is 10.8. The number of rotatable bonds is 1. The average Bonchev–Trinajstić information content (AvgIpc) is 2.16. The fraction of sp³-hybridized carbons (Fsp3) is 0.444. The van der Waals surface area contributed by atoms with Crippen LogP contribution < -0.4 is 0 Å². The Morgan fingerprint density at radius 3 is 3.07 bits per heavy atom. The Morgan fingerprint density at radius 2 is 2.36 bits per heavy atom. The zero-order valence-corrected chi connectivity index (χ0v) is 8.16. The highest BCUT2D eigenvalue weighted by molar-refractivity contribution is 6.29. The molecule has 0 aromatic carbocycles. The SMILES string of the molecule is O=C(O)[C@@H]1CCc2nnc(Cl)cc2C1. The Labute approximate surface area is 85.9 Å². The molecule has 0 spiro atoms. The van der Waals surface area contributed by atoms with E-state index in [1.807, 2.05) is 0 Å². The number of halogens is 1. The second-order valence-corrected chi connectivity index (χ2v) is 3.80. The van der Waals surface area contributed by atoms with E-state index in [-0.39, 0.29) is 5.92 Å². The van der Waals surface area contributed by atoms with E-state index in [0.29, 0.717) is 24.4 Å². The van der Waals surface area contributed by atoms with E-state index < -0.39 is 5.97 Å². The highest BCUT2D eigenvalue weighted by Crippen LogP contribution is 2.25. The molecule has 1 aliphatic carbocycles. The molecule has 0 bridgehead atoms. The minimum absolute atomic E-state index is 0.303. The molecule has 1 atom stereocenters. The van der Waals surface area contributed by atoms with E-state index in [0.717, 1.165) is 11.3 Å². The number of aliphatic carboxylic acids is 1. The lowest BCUT2D eigenvalue weighted by molar-refractivity contribution is -0.142. The summed E-state index contributed by atoms with van der Waals surface area (Å²) < 4.78 is 0. The molecule has 0 fully saturated rings. The molecule has 0 aliphatic heterocycles. The van der Waals surface area contributed by atoms with Gasteiger partial charge in [0, 0.05) is 0 Å². The number of fused-ring (bicyclic) bond motifs is 1. The van der Waals surface area contributed by atoms with Crippen molar-refractivity contribution in [3.8, 4) is 0 Å². The van der Waals surface area contributed by atoms with Gasteiger partial charge in [-0.1, -0.05) is 11.6 Å². The first-order chi connectivity index (χ1) is 6.66. The van der Waals surface area contributed by atoms with Crippen LogP contribution in [-0.2, 0) is 17.6 Å². The van der Waals surface area contributed by atoms with Crippen LogP contribution in [0.1, 0.15) is 17.7 Å². The Morgan fingerprint density at radius 1 is 1.57 bits per heavy atom. The van der Waals surface area contributed by atoms with Gasteiger partial charge < -0.3 is 5.11 Å². The van der Waals surface area contributed by atoms with Crippen molar-refractivity contribution in [3.05, 3.63) is 22.5 Å². The van der Waals surface area contributed by atoms with Gasteiger partial charge in [-0.25, -0.2) is 0 Å². The summed E-state index contributed by atoms with van der Waals surface area (Å²) in [5, 5.41) is 16.9. The smallest absolute Gasteiger partial charge is 0.306 e. The number of nitrogens with zero attached hydrogens (tertiary/aromatic N) is 2. The third-order valence-corrected chi connectivity index (χ3v) is 2.66. The van der Waals surface area contributed by atoms with Crippen LogP contribution in [0.25, 0.3) is 0 Å². The van der Waals surface area contributed by atoms with Gasteiger partial charge in [-0.05, 0) is 30.9 Å². The van der Waals surface area contributed by atoms with Gasteiger partial charge in [0.25, 0.3) is 0 Å². The van der Waals surface area contributed by atoms with Crippen molar-refractivity contribution >= 4 is 17.6 Å². The summed E-state index contributed by atoms with van der Waals surface area (Å²) in [5.41, 5.74) is 1.80. The number of hydrogen-bond donors (Lipinski definition) is 1. The standard InChI is InChI=1S/C9H9ClN2O2/c10-8-4-6-3-5(9(13)14)1-2-7(6)11-12-8/h4-5H,1-3H2,(H,13,14)/t5-/m1/s1. The van der Waals surface area contributed by atoms with Gasteiger partial charge in [0.05, 0.1) is 11.6 Å². The lowest BCUT2D eigenvalue weighted by Gasteiger charge is -2.19. The van der Waals surface area contributed by atoms with E-state index in [1.54, 1.807) is 6.07 Å². The topological polar surface area (TPSA) is 63.1 Å². The van der Waals surface area contributed by atoms with Crippen LogP contribution in [0, 0.1) is 5.92 Å². The van der Waals surface area contributed by atoms with Gasteiger partial charge >= 0.3 is 5.97 Å².